The number of nitrogens with zero attached hydrogens (tertiary/aromatic N) is 5. The molecule has 0 aliphatic carbocycles. The van der Waals surface area contributed by atoms with Crippen LogP contribution in [-0.4, -0.2) is 42.5 Å². The molecule has 0 atom stereocenters. The van der Waals surface area contributed by atoms with E-state index in [1.165, 1.54) is 21.9 Å². The van der Waals surface area contributed by atoms with Crippen LogP contribution in [0.5, 0.6) is 5.75 Å². The lowest BCUT2D eigenvalue weighted by atomic mass is 10.2. The second-order valence-corrected chi connectivity index (χ2v) is 6.20. The van der Waals surface area contributed by atoms with Crippen LogP contribution in [0.3, 0.4) is 0 Å². The van der Waals surface area contributed by atoms with E-state index in [1.807, 2.05) is 6.92 Å². The number of rotatable bonds is 4. The van der Waals surface area contributed by atoms with E-state index in [4.69, 9.17) is 10.5 Å². The first-order valence-corrected chi connectivity index (χ1v) is 8.31. The van der Waals surface area contributed by atoms with Crippen LogP contribution >= 0.6 is 11.3 Å². The number of ether oxygens (including phenoxy) is 1. The molecule has 0 saturated heterocycles. The molecule has 0 bridgehead atoms. The van der Waals surface area contributed by atoms with E-state index in [9.17, 15) is 9.59 Å². The number of H-pyrrole nitrogens is 1. The van der Waals surface area contributed by atoms with Gasteiger partial charge < -0.3 is 10.5 Å². The van der Waals surface area contributed by atoms with Gasteiger partial charge in [-0.25, -0.2) is 10.1 Å². The third-order valence-corrected chi connectivity index (χ3v) is 4.60. The van der Waals surface area contributed by atoms with Crippen molar-refractivity contribution in [3.05, 3.63) is 34.2 Å². The number of benzene rings is 1. The summed E-state index contributed by atoms with van der Waals surface area (Å²) >= 11 is 1.30. The Balaban J connectivity index is 1.86. The first-order chi connectivity index (χ1) is 12.6. The molecule has 4 N–H and O–H groups in total. The van der Waals surface area contributed by atoms with Crippen molar-refractivity contribution in [2.45, 2.75) is 6.92 Å². The molecule has 0 fully saturated rings. The number of nitrogens with one attached hydrogen (secondary N) is 2. The molecule has 1 amide bonds. The van der Waals surface area contributed by atoms with Gasteiger partial charge in [0.05, 0.1) is 22.5 Å². The smallest absolute Gasteiger partial charge is 0.271 e. The monoisotopic (exact) mass is 372 g/mol. The van der Waals surface area contributed by atoms with Gasteiger partial charge in [0.15, 0.2) is 4.96 Å². The fraction of sp³-hybridized carbons (Fsp3) is 0.143. The number of aromatic amines is 1. The lowest BCUT2D eigenvalue weighted by molar-refractivity contribution is 0.102. The number of nitrogens with two attached hydrogens (primary N) is 1. The van der Waals surface area contributed by atoms with Gasteiger partial charge in [-0.05, 0) is 23.4 Å². The number of thiazole rings is 1. The average Bonchev–Trinajstić information content (AvgIpc) is 3.23. The minimum absolute atomic E-state index is 0.0280. The highest BCUT2D eigenvalue weighted by Crippen LogP contribution is 2.32. The van der Waals surface area contributed by atoms with Gasteiger partial charge in [0.25, 0.3) is 11.5 Å². The molecule has 0 radical (unpaired) electrons. The first kappa shape index (κ1) is 16.0. The highest BCUT2D eigenvalue weighted by molar-refractivity contribution is 7.23. The number of amides is 1. The summed E-state index contributed by atoms with van der Waals surface area (Å²) in [5.74, 6) is -0.107. The summed E-state index contributed by atoms with van der Waals surface area (Å²) in [6.07, 6.45) is 1.22. The molecule has 11 nitrogen and oxygen atoms in total. The van der Waals surface area contributed by atoms with Crippen molar-refractivity contribution in [3.63, 3.8) is 0 Å². The number of carbonyl (C=O) groups excluding carboxylic acids is 1. The van der Waals surface area contributed by atoms with Crippen LogP contribution < -0.4 is 21.3 Å². The molecule has 3 heterocycles. The molecular weight excluding hydrogens is 360 g/mol. The van der Waals surface area contributed by atoms with Gasteiger partial charge in [0.1, 0.15) is 11.3 Å². The number of fused-ring (bicyclic) bond motifs is 3. The summed E-state index contributed by atoms with van der Waals surface area (Å²) in [6, 6.07) is 3.39. The molecule has 3 aromatic heterocycles. The molecule has 132 valence electrons. The summed E-state index contributed by atoms with van der Waals surface area (Å²) in [5.41, 5.74) is 6.29. The third-order valence-electron chi connectivity index (χ3n) is 3.58. The predicted octanol–water partition coefficient (Wildman–Crippen LogP) is 0.655. The fourth-order valence-corrected chi connectivity index (χ4v) is 3.46. The number of aromatic nitrogens is 6. The summed E-state index contributed by atoms with van der Waals surface area (Å²) in [4.78, 5) is 29.8. The number of hydrogen-bond acceptors (Lipinski definition) is 9. The average molecular weight is 372 g/mol. The van der Waals surface area contributed by atoms with Crippen molar-refractivity contribution in [2.24, 2.45) is 0 Å². The summed E-state index contributed by atoms with van der Waals surface area (Å²) < 4.78 is 7.59. The second kappa shape index (κ2) is 6.07. The lowest BCUT2D eigenvalue weighted by Crippen LogP contribution is -2.26. The van der Waals surface area contributed by atoms with Crippen molar-refractivity contribution in [2.75, 3.05) is 17.7 Å². The minimum atomic E-state index is -0.672. The Kier molecular flexibility index (Phi) is 3.73. The lowest BCUT2D eigenvalue weighted by Gasteiger charge is -2.06. The fourth-order valence-electron chi connectivity index (χ4n) is 2.47. The normalized spacial score (nSPS) is 11.1. The maximum atomic E-state index is 12.8. The zero-order chi connectivity index (χ0) is 18.3. The molecule has 4 aromatic rings. The third kappa shape index (κ3) is 2.52. The zero-order valence-corrected chi connectivity index (χ0v) is 14.2. The van der Waals surface area contributed by atoms with Crippen LogP contribution in [-0.2, 0) is 0 Å². The van der Waals surface area contributed by atoms with E-state index < -0.39 is 11.5 Å². The van der Waals surface area contributed by atoms with Crippen LogP contribution in [0.25, 0.3) is 15.2 Å². The molecule has 0 spiro atoms. The van der Waals surface area contributed by atoms with Crippen LogP contribution in [0, 0.1) is 0 Å². The summed E-state index contributed by atoms with van der Waals surface area (Å²) in [7, 11) is 0. The first-order valence-electron chi connectivity index (χ1n) is 7.50. The van der Waals surface area contributed by atoms with Gasteiger partial charge in [-0.3, -0.25) is 19.3 Å². The molecule has 1 aromatic carbocycles. The van der Waals surface area contributed by atoms with Gasteiger partial charge in [0.2, 0.25) is 5.95 Å². The number of hydrogen-bond donors (Lipinski definition) is 3. The second-order valence-electron chi connectivity index (χ2n) is 5.19. The molecule has 0 aliphatic rings. The van der Waals surface area contributed by atoms with E-state index in [-0.39, 0.29) is 11.5 Å². The Hall–Kier alpha value is -3.54. The highest BCUT2D eigenvalue weighted by atomic mass is 32.1. The molecule has 4 rings (SSSR count). The quantitative estimate of drug-likeness (QED) is 0.441. The number of tetrazole rings is 1. The van der Waals surface area contributed by atoms with E-state index in [0.29, 0.717) is 28.5 Å². The van der Waals surface area contributed by atoms with Gasteiger partial charge >= 0.3 is 0 Å². The van der Waals surface area contributed by atoms with Gasteiger partial charge in [0, 0.05) is 12.3 Å². The van der Waals surface area contributed by atoms with E-state index >= 15 is 0 Å². The Morgan fingerprint density at radius 2 is 2.31 bits per heavy atom. The van der Waals surface area contributed by atoms with E-state index in [0.717, 1.165) is 4.70 Å². The van der Waals surface area contributed by atoms with Crippen LogP contribution in [0.1, 0.15) is 17.3 Å². The van der Waals surface area contributed by atoms with Crippen molar-refractivity contribution in [3.8, 4) is 5.75 Å². The van der Waals surface area contributed by atoms with Gasteiger partial charge in [-0.15, -0.1) is 0 Å². The largest absolute Gasteiger partial charge is 0.492 e. The molecule has 0 saturated carbocycles. The molecule has 26 heavy (non-hydrogen) atoms. The number of carbonyl (C=O) groups is 1. The highest BCUT2D eigenvalue weighted by Gasteiger charge is 2.18. The van der Waals surface area contributed by atoms with Crippen molar-refractivity contribution >= 4 is 44.1 Å². The SMILES string of the molecule is CCOc1cc2sc3ncc(C(=O)Nc4nnn[nH]4)c(=O)n3c2cc1N. The summed E-state index contributed by atoms with van der Waals surface area (Å²) in [6.45, 7) is 2.33. The predicted molar refractivity (Wildman–Crippen MR) is 94.6 cm³/mol. The maximum absolute atomic E-state index is 12.8. The van der Waals surface area contributed by atoms with Crippen LogP contribution in [0.15, 0.2) is 23.1 Å². The van der Waals surface area contributed by atoms with Gasteiger partial charge in [-0.2, -0.15) is 0 Å². The Morgan fingerprint density at radius 1 is 1.46 bits per heavy atom. The Labute approximate surface area is 148 Å². The van der Waals surface area contributed by atoms with E-state index in [2.05, 4.69) is 30.9 Å². The Bertz CT molecular complexity index is 1180. The van der Waals surface area contributed by atoms with Crippen molar-refractivity contribution in [1.82, 2.24) is 30.0 Å². The molecular formula is C14H12N8O3S. The van der Waals surface area contributed by atoms with Crippen molar-refractivity contribution < 1.29 is 9.53 Å². The maximum Gasteiger partial charge on any atom is 0.271 e. The molecule has 0 aliphatic heterocycles. The summed E-state index contributed by atoms with van der Waals surface area (Å²) in [5, 5.41) is 15.0. The van der Waals surface area contributed by atoms with Crippen LogP contribution in [0.2, 0.25) is 0 Å². The van der Waals surface area contributed by atoms with Gasteiger partial charge in [-0.1, -0.05) is 16.4 Å². The van der Waals surface area contributed by atoms with E-state index in [1.54, 1.807) is 12.1 Å². The number of nitrogen functional groups attached to an aromatic ring is 1. The Morgan fingerprint density at radius 3 is 3.04 bits per heavy atom. The molecule has 0 unspecified atom stereocenters. The molecule has 12 heteroatoms. The van der Waals surface area contributed by atoms with Crippen molar-refractivity contribution in [1.29, 1.82) is 0 Å². The topological polar surface area (TPSA) is 153 Å². The standard InChI is InChI=1S/C14H12N8O3S/c1-2-25-9-4-10-8(3-7(9)15)22-12(24)6(5-16-14(22)26-10)11(23)17-13-18-20-21-19-13/h3-5H,2,15H2,1H3,(H2,17,18,19,20,21,23). The minimum Gasteiger partial charge on any atom is -0.492 e. The zero-order valence-electron chi connectivity index (χ0n) is 13.4. The number of anilines is 2. The van der Waals surface area contributed by atoms with Crippen LogP contribution in [0.4, 0.5) is 11.6 Å².